The summed E-state index contributed by atoms with van der Waals surface area (Å²) in [5.74, 6) is -0.166. The Hall–Kier alpha value is -2.31. The van der Waals surface area contributed by atoms with Crippen molar-refractivity contribution >= 4 is 32.8 Å². The number of methoxy groups -OCH3 is 1. The summed E-state index contributed by atoms with van der Waals surface area (Å²) in [5.41, 5.74) is 9.83. The van der Waals surface area contributed by atoms with Crippen molar-refractivity contribution < 1.29 is 14.6 Å². The lowest BCUT2D eigenvalue weighted by Crippen LogP contribution is -2.00. The van der Waals surface area contributed by atoms with Crippen molar-refractivity contribution in [1.29, 1.82) is 0 Å². The number of H-pyrrole nitrogens is 1. The molecule has 0 radical (unpaired) electrons. The molecule has 0 unspecified atom stereocenters. The quantitative estimate of drug-likeness (QED) is 0.491. The monoisotopic (exact) mass is 416 g/mol. The van der Waals surface area contributed by atoms with Crippen LogP contribution in [0.2, 0.25) is 0 Å². The van der Waals surface area contributed by atoms with E-state index in [9.17, 15) is 9.90 Å². The maximum Gasteiger partial charge on any atom is 0.335 e. The van der Waals surface area contributed by atoms with E-state index >= 15 is 0 Å². The molecule has 1 heterocycles. The zero-order valence-corrected chi connectivity index (χ0v) is 16.1. The lowest BCUT2D eigenvalue weighted by atomic mass is 9.99. The van der Waals surface area contributed by atoms with E-state index in [0.29, 0.717) is 6.54 Å². The number of rotatable bonds is 7. The highest BCUT2D eigenvalue weighted by molar-refractivity contribution is 9.10. The minimum absolute atomic E-state index is 0.282. The number of aryl methyl sites for hydroxylation is 1. The van der Waals surface area contributed by atoms with Gasteiger partial charge in [-0.2, -0.15) is 0 Å². The number of aromatic nitrogens is 1. The van der Waals surface area contributed by atoms with Crippen LogP contribution in [0.4, 0.5) is 0 Å². The van der Waals surface area contributed by atoms with Crippen molar-refractivity contribution in [3.63, 3.8) is 0 Å². The predicted molar refractivity (Wildman–Crippen MR) is 107 cm³/mol. The molecule has 136 valence electrons. The lowest BCUT2D eigenvalue weighted by Gasteiger charge is -2.10. The van der Waals surface area contributed by atoms with Gasteiger partial charge >= 0.3 is 5.97 Å². The standard InChI is InChI=1S/C20H21BrN2O3/c1-26-18-8-6-13(21)11-16(18)19-14(4-2-3-9-22)15-10-12(20(24)25)5-7-17(15)23-19/h5-8,10-11,23H,2-4,9,22H2,1H3,(H,24,25). The lowest BCUT2D eigenvalue weighted by molar-refractivity contribution is 0.0697. The van der Waals surface area contributed by atoms with E-state index < -0.39 is 5.97 Å². The normalized spacial score (nSPS) is 11.0. The van der Waals surface area contributed by atoms with E-state index in [1.165, 1.54) is 0 Å². The maximum atomic E-state index is 11.4. The van der Waals surface area contributed by atoms with Gasteiger partial charge in [0.15, 0.2) is 0 Å². The van der Waals surface area contributed by atoms with Gasteiger partial charge in [-0.3, -0.25) is 0 Å². The number of aromatic carboxylic acids is 1. The number of nitrogens with two attached hydrogens (primary N) is 1. The first-order valence-corrected chi connectivity index (χ1v) is 9.26. The van der Waals surface area contributed by atoms with Crippen LogP contribution in [-0.4, -0.2) is 29.7 Å². The van der Waals surface area contributed by atoms with Crippen LogP contribution in [0.5, 0.6) is 5.75 Å². The highest BCUT2D eigenvalue weighted by atomic mass is 79.9. The summed E-state index contributed by atoms with van der Waals surface area (Å²) >= 11 is 3.52. The van der Waals surface area contributed by atoms with E-state index in [-0.39, 0.29) is 5.56 Å². The Bertz CT molecular complexity index is 950. The summed E-state index contributed by atoms with van der Waals surface area (Å²) in [5, 5.41) is 10.3. The third-order valence-electron chi connectivity index (χ3n) is 4.46. The topological polar surface area (TPSA) is 88.3 Å². The van der Waals surface area contributed by atoms with Gasteiger partial charge in [0.05, 0.1) is 18.4 Å². The number of carbonyl (C=O) groups is 1. The number of unbranched alkanes of at least 4 members (excludes halogenated alkanes) is 1. The van der Waals surface area contributed by atoms with Crippen LogP contribution in [0, 0.1) is 0 Å². The van der Waals surface area contributed by atoms with Gasteiger partial charge in [0.25, 0.3) is 0 Å². The number of carboxylic acids is 1. The van der Waals surface area contributed by atoms with E-state index in [2.05, 4.69) is 20.9 Å². The minimum atomic E-state index is -0.928. The molecule has 0 amide bonds. The Morgan fingerprint density at radius 2 is 2.04 bits per heavy atom. The highest BCUT2D eigenvalue weighted by Gasteiger charge is 2.18. The molecular formula is C20H21BrN2O3. The van der Waals surface area contributed by atoms with Crippen molar-refractivity contribution in [1.82, 2.24) is 4.98 Å². The first kappa shape index (κ1) is 18.5. The molecule has 0 aliphatic rings. The van der Waals surface area contributed by atoms with Gasteiger partial charge in [0, 0.05) is 20.9 Å². The van der Waals surface area contributed by atoms with Crippen molar-refractivity contribution in [2.45, 2.75) is 19.3 Å². The summed E-state index contributed by atoms with van der Waals surface area (Å²) in [4.78, 5) is 14.8. The first-order valence-electron chi connectivity index (χ1n) is 8.47. The van der Waals surface area contributed by atoms with Gasteiger partial charge < -0.3 is 20.6 Å². The van der Waals surface area contributed by atoms with Crippen LogP contribution < -0.4 is 10.5 Å². The number of nitrogens with one attached hydrogen (secondary N) is 1. The summed E-state index contributed by atoms with van der Waals surface area (Å²) in [7, 11) is 1.64. The van der Waals surface area contributed by atoms with Crippen molar-refractivity contribution in [3.8, 4) is 17.0 Å². The molecule has 5 nitrogen and oxygen atoms in total. The summed E-state index contributed by atoms with van der Waals surface area (Å²) in [6, 6.07) is 11.0. The number of halogens is 1. The van der Waals surface area contributed by atoms with Crippen LogP contribution in [0.3, 0.4) is 0 Å². The Morgan fingerprint density at radius 3 is 2.73 bits per heavy atom. The Labute approximate surface area is 160 Å². The molecule has 0 atom stereocenters. The molecule has 0 fully saturated rings. The fourth-order valence-corrected chi connectivity index (χ4v) is 3.55. The SMILES string of the molecule is COc1ccc(Br)cc1-c1[nH]c2ccc(C(=O)O)cc2c1CCCCN. The second-order valence-corrected chi connectivity index (χ2v) is 7.05. The van der Waals surface area contributed by atoms with E-state index in [0.717, 1.165) is 57.2 Å². The van der Waals surface area contributed by atoms with Crippen molar-refractivity contribution in [3.05, 3.63) is 52.0 Å². The zero-order valence-electron chi connectivity index (χ0n) is 14.5. The van der Waals surface area contributed by atoms with Gasteiger partial charge in [0.2, 0.25) is 0 Å². The molecular weight excluding hydrogens is 396 g/mol. The second kappa shape index (κ2) is 7.93. The van der Waals surface area contributed by atoms with Crippen molar-refractivity contribution in [2.24, 2.45) is 5.73 Å². The average Bonchev–Trinajstić information content (AvgIpc) is 2.99. The number of hydrogen-bond donors (Lipinski definition) is 3. The van der Waals surface area contributed by atoms with Gasteiger partial charge in [-0.25, -0.2) is 4.79 Å². The third kappa shape index (κ3) is 3.61. The second-order valence-electron chi connectivity index (χ2n) is 6.13. The molecule has 0 aliphatic heterocycles. The van der Waals surface area contributed by atoms with Crippen LogP contribution in [-0.2, 0) is 6.42 Å². The van der Waals surface area contributed by atoms with Crippen LogP contribution in [0.15, 0.2) is 40.9 Å². The summed E-state index contributed by atoms with van der Waals surface area (Å²) < 4.78 is 6.49. The first-order chi connectivity index (χ1) is 12.5. The molecule has 1 aromatic heterocycles. The van der Waals surface area contributed by atoms with Crippen LogP contribution in [0.1, 0.15) is 28.8 Å². The Morgan fingerprint density at radius 1 is 1.23 bits per heavy atom. The van der Waals surface area contributed by atoms with E-state index in [1.807, 2.05) is 24.3 Å². The number of carboxylic acid groups (broad SMARTS) is 1. The third-order valence-corrected chi connectivity index (χ3v) is 4.96. The van der Waals surface area contributed by atoms with Gasteiger partial charge in [-0.15, -0.1) is 0 Å². The molecule has 0 saturated heterocycles. The molecule has 6 heteroatoms. The van der Waals surface area contributed by atoms with Crippen LogP contribution in [0.25, 0.3) is 22.2 Å². The number of fused-ring (bicyclic) bond motifs is 1. The molecule has 0 bridgehead atoms. The fraction of sp³-hybridized carbons (Fsp3) is 0.250. The largest absolute Gasteiger partial charge is 0.496 e. The number of ether oxygens (including phenoxy) is 1. The van der Waals surface area contributed by atoms with Gasteiger partial charge in [-0.1, -0.05) is 15.9 Å². The molecule has 0 spiro atoms. The van der Waals surface area contributed by atoms with Gasteiger partial charge in [-0.05, 0) is 67.8 Å². The van der Waals surface area contributed by atoms with Crippen molar-refractivity contribution in [2.75, 3.05) is 13.7 Å². The highest BCUT2D eigenvalue weighted by Crippen LogP contribution is 2.38. The van der Waals surface area contributed by atoms with E-state index in [4.69, 9.17) is 10.5 Å². The molecule has 26 heavy (non-hydrogen) atoms. The summed E-state index contributed by atoms with van der Waals surface area (Å²) in [6.45, 7) is 0.637. The number of benzene rings is 2. The molecule has 3 aromatic rings. The Kier molecular flexibility index (Phi) is 5.64. The molecule has 0 saturated carbocycles. The smallest absolute Gasteiger partial charge is 0.335 e. The molecule has 0 aliphatic carbocycles. The molecule has 4 N–H and O–H groups in total. The molecule has 3 rings (SSSR count). The summed E-state index contributed by atoms with van der Waals surface area (Å²) in [6.07, 6.45) is 2.66. The molecule has 2 aromatic carbocycles. The van der Waals surface area contributed by atoms with Gasteiger partial charge in [0.1, 0.15) is 5.75 Å². The average molecular weight is 417 g/mol. The predicted octanol–water partition coefficient (Wildman–Crippen LogP) is 4.59. The maximum absolute atomic E-state index is 11.4. The van der Waals surface area contributed by atoms with E-state index in [1.54, 1.807) is 19.2 Å². The Balaban J connectivity index is 2.22. The minimum Gasteiger partial charge on any atom is -0.496 e. The number of hydrogen-bond acceptors (Lipinski definition) is 3. The number of aromatic amines is 1. The van der Waals surface area contributed by atoms with Crippen LogP contribution >= 0.6 is 15.9 Å². The zero-order chi connectivity index (χ0) is 18.7. The fourth-order valence-electron chi connectivity index (χ4n) is 3.19.